The topological polar surface area (TPSA) is 25.2 Å². The van der Waals surface area contributed by atoms with E-state index < -0.39 is 6.10 Å². The molecule has 0 bridgehead atoms. The van der Waals surface area contributed by atoms with Crippen LogP contribution in [0.5, 0.6) is 0 Å². The van der Waals surface area contributed by atoms with Gasteiger partial charge in [0.2, 0.25) is 0 Å². The Morgan fingerprint density at radius 3 is 2.89 bits per heavy atom. The van der Waals surface area contributed by atoms with Crippen LogP contribution in [-0.4, -0.2) is 9.67 Å². The monoisotopic (exact) mass is 281 g/mol. The minimum atomic E-state index is -0.449. The predicted molar refractivity (Wildman–Crippen MR) is 74.8 cm³/mol. The molecule has 1 N–H and O–H groups in total. The van der Waals surface area contributed by atoms with Crippen molar-refractivity contribution < 1.29 is 9.50 Å². The Labute approximate surface area is 117 Å². The lowest BCUT2D eigenvalue weighted by Gasteiger charge is -2.07. The second kappa shape index (κ2) is 6.22. The minimum Gasteiger partial charge on any atom is -0.388 e. The third-order valence-corrected chi connectivity index (χ3v) is 3.32. The molecule has 0 aliphatic carbocycles. The van der Waals surface area contributed by atoms with Crippen molar-refractivity contribution in [3.8, 4) is 0 Å². The summed E-state index contributed by atoms with van der Waals surface area (Å²) < 4.78 is 15.5. The second-order valence-electron chi connectivity index (χ2n) is 4.66. The number of benzene rings is 1. The highest BCUT2D eigenvalue weighted by atomic mass is 35.5. The lowest BCUT2D eigenvalue weighted by Crippen LogP contribution is -2.00. The number of aliphatic hydroxyl groups excluding tert-OH is 1. The summed E-state index contributed by atoms with van der Waals surface area (Å²) in [5.74, 6) is -0.270. The molecule has 102 valence electrons. The molecule has 0 radical (unpaired) electrons. The number of hydrogen-bond acceptors (Lipinski definition) is 1. The summed E-state index contributed by atoms with van der Waals surface area (Å²) in [6, 6.07) is 6.39. The Morgan fingerprint density at radius 2 is 2.16 bits per heavy atom. The molecule has 4 heteroatoms. The average molecular weight is 282 g/mol. The number of halogens is 2. The van der Waals surface area contributed by atoms with Crippen molar-refractivity contribution >= 4 is 11.6 Å². The Morgan fingerprint density at radius 1 is 1.37 bits per heavy atom. The van der Waals surface area contributed by atoms with Crippen LogP contribution in [0.2, 0.25) is 5.02 Å². The highest BCUT2D eigenvalue weighted by Crippen LogP contribution is 2.20. The second-order valence-corrected chi connectivity index (χ2v) is 5.09. The van der Waals surface area contributed by atoms with Gasteiger partial charge in [-0.15, -0.1) is 0 Å². The Hall–Kier alpha value is -1.32. The fourth-order valence-electron chi connectivity index (χ4n) is 2.06. The van der Waals surface area contributed by atoms with E-state index in [9.17, 15) is 9.50 Å². The van der Waals surface area contributed by atoms with Crippen molar-refractivity contribution in [1.29, 1.82) is 0 Å². The van der Waals surface area contributed by atoms with E-state index in [-0.39, 0.29) is 5.82 Å². The summed E-state index contributed by atoms with van der Waals surface area (Å²) in [6.45, 7) is 2.44. The van der Waals surface area contributed by atoms with Gasteiger partial charge < -0.3 is 9.67 Å². The Bertz CT molecular complexity index is 553. The Balaban J connectivity index is 2.13. The molecule has 1 heterocycles. The van der Waals surface area contributed by atoms with Crippen molar-refractivity contribution in [3.63, 3.8) is 0 Å². The van der Waals surface area contributed by atoms with E-state index in [1.165, 1.54) is 12.1 Å². The largest absolute Gasteiger partial charge is 0.388 e. The van der Waals surface area contributed by atoms with Gasteiger partial charge >= 0.3 is 0 Å². The maximum absolute atomic E-state index is 13.6. The summed E-state index contributed by atoms with van der Waals surface area (Å²) in [4.78, 5) is 0. The molecule has 19 heavy (non-hydrogen) atoms. The van der Waals surface area contributed by atoms with Crippen LogP contribution in [0.15, 0.2) is 36.7 Å². The first-order chi connectivity index (χ1) is 9.10. The fraction of sp³-hybridized carbons (Fsp3) is 0.333. The zero-order valence-electron chi connectivity index (χ0n) is 10.8. The van der Waals surface area contributed by atoms with Gasteiger partial charge in [-0.25, -0.2) is 4.39 Å². The van der Waals surface area contributed by atoms with Crippen LogP contribution < -0.4 is 0 Å². The van der Waals surface area contributed by atoms with E-state index in [0.717, 1.165) is 18.4 Å². The van der Waals surface area contributed by atoms with E-state index in [4.69, 9.17) is 11.6 Å². The number of nitrogens with zero attached hydrogens (tertiary/aromatic N) is 1. The molecular formula is C15H17ClFNO. The highest BCUT2D eigenvalue weighted by molar-refractivity contribution is 6.30. The van der Waals surface area contributed by atoms with Gasteiger partial charge in [-0.2, -0.15) is 0 Å². The minimum absolute atomic E-state index is 0.270. The van der Waals surface area contributed by atoms with Crippen LogP contribution in [0.25, 0.3) is 0 Å². The Kier molecular flexibility index (Phi) is 4.61. The van der Waals surface area contributed by atoms with Crippen molar-refractivity contribution in [2.45, 2.75) is 32.4 Å². The number of rotatable bonds is 5. The van der Waals surface area contributed by atoms with E-state index in [1.54, 1.807) is 6.07 Å². The molecule has 0 saturated heterocycles. The maximum Gasteiger partial charge on any atom is 0.128 e. The van der Waals surface area contributed by atoms with E-state index in [1.807, 2.05) is 30.0 Å². The van der Waals surface area contributed by atoms with Crippen molar-refractivity contribution in [1.82, 2.24) is 4.57 Å². The third kappa shape index (κ3) is 3.58. The smallest absolute Gasteiger partial charge is 0.128 e. The molecule has 1 unspecified atom stereocenters. The molecule has 0 spiro atoms. The first kappa shape index (κ1) is 14.1. The molecule has 1 aromatic heterocycles. The van der Waals surface area contributed by atoms with Crippen molar-refractivity contribution in [2.24, 2.45) is 0 Å². The number of aromatic nitrogens is 1. The van der Waals surface area contributed by atoms with E-state index >= 15 is 0 Å². The summed E-state index contributed by atoms with van der Waals surface area (Å²) in [5.41, 5.74) is 1.41. The van der Waals surface area contributed by atoms with Crippen molar-refractivity contribution in [2.75, 3.05) is 0 Å². The van der Waals surface area contributed by atoms with Crippen LogP contribution in [0.4, 0.5) is 4.39 Å². The van der Waals surface area contributed by atoms with Gasteiger partial charge in [0.1, 0.15) is 5.82 Å². The SMILES string of the molecule is CCCC(O)c1ccn(Cc2cc(Cl)ccc2F)c1. The summed E-state index contributed by atoms with van der Waals surface area (Å²) >= 11 is 5.86. The van der Waals surface area contributed by atoms with Gasteiger partial charge in [0, 0.05) is 29.5 Å². The van der Waals surface area contributed by atoms with E-state index in [2.05, 4.69) is 0 Å². The molecule has 0 aliphatic rings. The fourth-order valence-corrected chi connectivity index (χ4v) is 2.25. The molecule has 0 aliphatic heterocycles. The first-order valence-corrected chi connectivity index (χ1v) is 6.75. The van der Waals surface area contributed by atoms with Crippen LogP contribution in [0.1, 0.15) is 37.0 Å². The first-order valence-electron chi connectivity index (χ1n) is 6.38. The number of hydrogen-bond donors (Lipinski definition) is 1. The van der Waals surface area contributed by atoms with Crippen LogP contribution >= 0.6 is 11.6 Å². The van der Waals surface area contributed by atoms with Gasteiger partial charge in [0.15, 0.2) is 0 Å². The van der Waals surface area contributed by atoms with Gasteiger partial charge in [0.25, 0.3) is 0 Å². The zero-order chi connectivity index (χ0) is 13.8. The standard InChI is InChI=1S/C15H17ClFNO/c1-2-3-15(19)11-6-7-18(9-11)10-12-8-13(16)4-5-14(12)17/h4-9,15,19H,2-3,10H2,1H3. The van der Waals surface area contributed by atoms with Crippen LogP contribution in [-0.2, 0) is 6.54 Å². The molecule has 2 rings (SSSR count). The third-order valence-electron chi connectivity index (χ3n) is 3.08. The molecule has 1 atom stereocenters. The lowest BCUT2D eigenvalue weighted by atomic mass is 10.1. The van der Waals surface area contributed by atoms with Gasteiger partial charge in [-0.3, -0.25) is 0 Å². The maximum atomic E-state index is 13.6. The summed E-state index contributed by atoms with van der Waals surface area (Å²) in [7, 11) is 0. The van der Waals surface area contributed by atoms with Gasteiger partial charge in [-0.05, 0) is 36.2 Å². The molecular weight excluding hydrogens is 265 g/mol. The highest BCUT2D eigenvalue weighted by Gasteiger charge is 2.09. The molecule has 1 aromatic carbocycles. The molecule has 0 fully saturated rings. The summed E-state index contributed by atoms with van der Waals surface area (Å²) in [5, 5.41) is 10.4. The van der Waals surface area contributed by atoms with E-state index in [0.29, 0.717) is 17.1 Å². The zero-order valence-corrected chi connectivity index (χ0v) is 11.6. The predicted octanol–water partition coefficient (Wildman–Crippen LogP) is 4.16. The lowest BCUT2D eigenvalue weighted by molar-refractivity contribution is 0.166. The molecule has 0 amide bonds. The molecule has 2 aromatic rings. The molecule has 0 saturated carbocycles. The van der Waals surface area contributed by atoms with Crippen molar-refractivity contribution in [3.05, 3.63) is 58.6 Å². The summed E-state index contributed by atoms with van der Waals surface area (Å²) in [6.07, 6.45) is 4.90. The quantitative estimate of drug-likeness (QED) is 0.874. The molecule has 2 nitrogen and oxygen atoms in total. The van der Waals surface area contributed by atoms with Gasteiger partial charge in [-0.1, -0.05) is 24.9 Å². The average Bonchev–Trinajstić information content (AvgIpc) is 2.83. The number of aliphatic hydroxyl groups is 1. The normalized spacial score (nSPS) is 12.6. The van der Waals surface area contributed by atoms with Gasteiger partial charge in [0.05, 0.1) is 6.10 Å². The van der Waals surface area contributed by atoms with Crippen LogP contribution in [0, 0.1) is 5.82 Å². The van der Waals surface area contributed by atoms with Crippen LogP contribution in [0.3, 0.4) is 0 Å².